The monoisotopic (exact) mass is 340 g/mol. The fourth-order valence-electron chi connectivity index (χ4n) is 2.17. The van der Waals surface area contributed by atoms with E-state index in [1.807, 2.05) is 43.0 Å². The molecule has 0 bridgehead atoms. The zero-order valence-corrected chi connectivity index (χ0v) is 14.4. The van der Waals surface area contributed by atoms with E-state index in [0.29, 0.717) is 13.0 Å². The van der Waals surface area contributed by atoms with E-state index in [9.17, 15) is 4.79 Å². The zero-order chi connectivity index (χ0) is 15.3. The molecule has 112 valence electrons. The van der Waals surface area contributed by atoms with E-state index in [-0.39, 0.29) is 11.9 Å². The summed E-state index contributed by atoms with van der Waals surface area (Å²) < 4.78 is 1.02. The molecule has 0 spiro atoms. The van der Waals surface area contributed by atoms with Crippen LogP contribution < -0.4 is 5.73 Å². The summed E-state index contributed by atoms with van der Waals surface area (Å²) in [5, 5.41) is 0. The van der Waals surface area contributed by atoms with Gasteiger partial charge in [0.1, 0.15) is 0 Å². The number of halogens is 1. The van der Waals surface area contributed by atoms with Gasteiger partial charge >= 0.3 is 0 Å². The van der Waals surface area contributed by atoms with Crippen LogP contribution in [0.15, 0.2) is 28.7 Å². The SMILES string of the molecule is CCCN(C(=O)C(C)(N)CC)C(C)c1ccccc1Br. The molecule has 0 aliphatic heterocycles. The fourth-order valence-corrected chi connectivity index (χ4v) is 2.79. The number of hydrogen-bond donors (Lipinski definition) is 1. The second kappa shape index (κ2) is 7.23. The van der Waals surface area contributed by atoms with Gasteiger partial charge in [-0.25, -0.2) is 0 Å². The second-order valence-electron chi connectivity index (χ2n) is 5.47. The van der Waals surface area contributed by atoms with Crippen molar-refractivity contribution in [2.24, 2.45) is 5.73 Å². The highest BCUT2D eigenvalue weighted by molar-refractivity contribution is 9.10. The predicted molar refractivity (Wildman–Crippen MR) is 87.4 cm³/mol. The predicted octanol–water partition coefficient (Wildman–Crippen LogP) is 3.88. The lowest BCUT2D eigenvalue weighted by atomic mass is 9.96. The Kier molecular flexibility index (Phi) is 6.21. The molecule has 0 saturated carbocycles. The summed E-state index contributed by atoms with van der Waals surface area (Å²) in [6, 6.07) is 8.03. The molecule has 0 saturated heterocycles. The lowest BCUT2D eigenvalue weighted by Crippen LogP contribution is -2.53. The van der Waals surface area contributed by atoms with Gasteiger partial charge in [-0.15, -0.1) is 0 Å². The Morgan fingerprint density at radius 3 is 2.50 bits per heavy atom. The number of nitrogens with zero attached hydrogens (tertiary/aromatic N) is 1. The third kappa shape index (κ3) is 3.83. The Labute approximate surface area is 130 Å². The van der Waals surface area contributed by atoms with E-state index in [1.165, 1.54) is 0 Å². The van der Waals surface area contributed by atoms with Crippen molar-refractivity contribution in [2.75, 3.05) is 6.54 Å². The van der Waals surface area contributed by atoms with Gasteiger partial charge in [-0.1, -0.05) is 48.0 Å². The van der Waals surface area contributed by atoms with Crippen LogP contribution in [0.1, 0.15) is 52.1 Å². The molecule has 20 heavy (non-hydrogen) atoms. The quantitative estimate of drug-likeness (QED) is 0.854. The lowest BCUT2D eigenvalue weighted by molar-refractivity contribution is -0.138. The zero-order valence-electron chi connectivity index (χ0n) is 12.8. The molecule has 2 atom stereocenters. The molecule has 2 N–H and O–H groups in total. The van der Waals surface area contributed by atoms with E-state index in [0.717, 1.165) is 16.5 Å². The molecule has 3 nitrogen and oxygen atoms in total. The van der Waals surface area contributed by atoms with Crippen molar-refractivity contribution >= 4 is 21.8 Å². The minimum Gasteiger partial charge on any atom is -0.334 e. The largest absolute Gasteiger partial charge is 0.334 e. The summed E-state index contributed by atoms with van der Waals surface area (Å²) in [7, 11) is 0. The highest BCUT2D eigenvalue weighted by Crippen LogP contribution is 2.29. The van der Waals surface area contributed by atoms with Crippen LogP contribution in [0.2, 0.25) is 0 Å². The average molecular weight is 341 g/mol. The minimum atomic E-state index is -0.801. The van der Waals surface area contributed by atoms with Crippen LogP contribution in [-0.4, -0.2) is 22.9 Å². The van der Waals surface area contributed by atoms with E-state index in [4.69, 9.17) is 5.73 Å². The maximum absolute atomic E-state index is 12.7. The van der Waals surface area contributed by atoms with Crippen LogP contribution in [0.3, 0.4) is 0 Å². The Balaban J connectivity index is 3.08. The Hall–Kier alpha value is -0.870. The van der Waals surface area contributed by atoms with Crippen LogP contribution in [0.4, 0.5) is 0 Å². The van der Waals surface area contributed by atoms with Gasteiger partial charge in [-0.3, -0.25) is 4.79 Å². The molecular formula is C16H25BrN2O. The number of benzene rings is 1. The summed E-state index contributed by atoms with van der Waals surface area (Å²) in [5.74, 6) is 0.0186. The van der Waals surface area contributed by atoms with Crippen LogP contribution in [0.25, 0.3) is 0 Å². The fraction of sp³-hybridized carbons (Fsp3) is 0.562. The number of rotatable bonds is 6. The van der Waals surface area contributed by atoms with Gasteiger partial charge < -0.3 is 10.6 Å². The smallest absolute Gasteiger partial charge is 0.242 e. The number of hydrogen-bond acceptors (Lipinski definition) is 2. The Bertz CT molecular complexity index is 460. The maximum atomic E-state index is 12.7. The van der Waals surface area contributed by atoms with Crippen LogP contribution in [0.5, 0.6) is 0 Å². The minimum absolute atomic E-state index is 0.00690. The van der Waals surface area contributed by atoms with E-state index in [1.54, 1.807) is 0 Å². The molecule has 1 aromatic carbocycles. The first-order valence-corrected chi connectivity index (χ1v) is 7.98. The van der Waals surface area contributed by atoms with Gasteiger partial charge in [0, 0.05) is 11.0 Å². The number of amides is 1. The van der Waals surface area contributed by atoms with Gasteiger partial charge in [0.25, 0.3) is 0 Å². The number of carbonyl (C=O) groups excluding carboxylic acids is 1. The first kappa shape index (κ1) is 17.2. The summed E-state index contributed by atoms with van der Waals surface area (Å²) in [6.45, 7) is 8.61. The Morgan fingerprint density at radius 1 is 1.40 bits per heavy atom. The molecule has 1 amide bonds. The molecule has 2 unspecified atom stereocenters. The van der Waals surface area contributed by atoms with Gasteiger partial charge in [0.2, 0.25) is 5.91 Å². The van der Waals surface area contributed by atoms with Crippen LogP contribution in [0, 0.1) is 0 Å². The van der Waals surface area contributed by atoms with Crippen molar-refractivity contribution in [1.29, 1.82) is 0 Å². The highest BCUT2D eigenvalue weighted by Gasteiger charge is 2.33. The number of carbonyl (C=O) groups is 1. The molecule has 4 heteroatoms. The molecule has 0 heterocycles. The lowest BCUT2D eigenvalue weighted by Gasteiger charge is -2.36. The van der Waals surface area contributed by atoms with Gasteiger partial charge in [-0.05, 0) is 38.3 Å². The standard InChI is InChI=1S/C16H25BrN2O/c1-5-11-19(15(20)16(4,18)6-2)12(3)13-9-7-8-10-14(13)17/h7-10,12H,5-6,11,18H2,1-4H3. The third-order valence-corrected chi connectivity index (χ3v) is 4.49. The first-order chi connectivity index (χ1) is 9.35. The van der Waals surface area contributed by atoms with Crippen LogP contribution >= 0.6 is 15.9 Å². The topological polar surface area (TPSA) is 46.3 Å². The summed E-state index contributed by atoms with van der Waals surface area (Å²) in [5.41, 5.74) is 6.45. The molecular weight excluding hydrogens is 316 g/mol. The van der Waals surface area contributed by atoms with Crippen molar-refractivity contribution < 1.29 is 4.79 Å². The normalized spacial score (nSPS) is 15.5. The molecule has 0 aromatic heterocycles. The van der Waals surface area contributed by atoms with E-state index < -0.39 is 5.54 Å². The Morgan fingerprint density at radius 2 is 2.00 bits per heavy atom. The van der Waals surface area contributed by atoms with Crippen molar-refractivity contribution in [3.63, 3.8) is 0 Å². The van der Waals surface area contributed by atoms with Crippen molar-refractivity contribution in [3.8, 4) is 0 Å². The van der Waals surface area contributed by atoms with Crippen LogP contribution in [-0.2, 0) is 4.79 Å². The summed E-state index contributed by atoms with van der Waals surface area (Å²) in [4.78, 5) is 14.6. The molecule has 0 aliphatic carbocycles. The van der Waals surface area contributed by atoms with E-state index >= 15 is 0 Å². The molecule has 0 fully saturated rings. The average Bonchev–Trinajstić information content (AvgIpc) is 2.43. The van der Waals surface area contributed by atoms with Gasteiger partial charge in [-0.2, -0.15) is 0 Å². The van der Waals surface area contributed by atoms with E-state index in [2.05, 4.69) is 29.8 Å². The van der Waals surface area contributed by atoms with Crippen molar-refractivity contribution in [3.05, 3.63) is 34.3 Å². The number of nitrogens with two attached hydrogens (primary N) is 1. The molecule has 0 radical (unpaired) electrons. The molecule has 1 aromatic rings. The summed E-state index contributed by atoms with van der Waals surface area (Å²) >= 11 is 3.56. The van der Waals surface area contributed by atoms with Gasteiger partial charge in [0.15, 0.2) is 0 Å². The van der Waals surface area contributed by atoms with Gasteiger partial charge in [0.05, 0.1) is 11.6 Å². The van der Waals surface area contributed by atoms with Crippen molar-refractivity contribution in [1.82, 2.24) is 4.90 Å². The maximum Gasteiger partial charge on any atom is 0.242 e. The third-order valence-electron chi connectivity index (χ3n) is 3.77. The highest BCUT2D eigenvalue weighted by atomic mass is 79.9. The molecule has 0 aliphatic rings. The second-order valence-corrected chi connectivity index (χ2v) is 6.32. The molecule has 1 rings (SSSR count). The van der Waals surface area contributed by atoms with Crippen molar-refractivity contribution in [2.45, 2.75) is 52.1 Å². The summed E-state index contributed by atoms with van der Waals surface area (Å²) in [6.07, 6.45) is 1.55. The first-order valence-electron chi connectivity index (χ1n) is 7.19.